The molecule has 0 spiro atoms. The molecule has 2 aliphatic heterocycles. The number of carbonyl (C=O) groups excluding carboxylic acids is 1. The van der Waals surface area contributed by atoms with Gasteiger partial charge in [0.05, 0.1) is 32.0 Å². The van der Waals surface area contributed by atoms with E-state index in [4.69, 9.17) is 4.74 Å². The summed E-state index contributed by atoms with van der Waals surface area (Å²) in [6.45, 7) is 2.46. The second-order valence-corrected chi connectivity index (χ2v) is 6.62. The van der Waals surface area contributed by atoms with Gasteiger partial charge >= 0.3 is 0 Å². The van der Waals surface area contributed by atoms with Gasteiger partial charge in [-0.1, -0.05) is 36.4 Å². The number of hydrogen-bond acceptors (Lipinski definition) is 5. The predicted molar refractivity (Wildman–Crippen MR) is 94.9 cm³/mol. The molecule has 1 fully saturated rings. The second kappa shape index (κ2) is 8.58. The smallest absolute Gasteiger partial charge is 0.237 e. The Hall–Kier alpha value is -1.73. The molecule has 2 atom stereocenters. The largest absolute Gasteiger partial charge is 0.394 e. The van der Waals surface area contributed by atoms with Gasteiger partial charge in [0.2, 0.25) is 5.91 Å². The zero-order valence-electron chi connectivity index (χ0n) is 14.4. The molecule has 1 aromatic rings. The van der Waals surface area contributed by atoms with E-state index < -0.39 is 0 Å². The second-order valence-electron chi connectivity index (χ2n) is 6.62. The molecule has 2 N–H and O–H groups in total. The van der Waals surface area contributed by atoms with Crippen molar-refractivity contribution in [2.75, 3.05) is 45.9 Å². The fourth-order valence-electron chi connectivity index (χ4n) is 3.44. The van der Waals surface area contributed by atoms with Crippen molar-refractivity contribution in [3.8, 4) is 0 Å². The highest BCUT2D eigenvalue weighted by molar-refractivity contribution is 5.80. The molecule has 1 amide bonds. The summed E-state index contributed by atoms with van der Waals surface area (Å²) in [7, 11) is 0. The van der Waals surface area contributed by atoms with Crippen molar-refractivity contribution in [3.63, 3.8) is 0 Å². The zero-order valence-corrected chi connectivity index (χ0v) is 14.4. The molecule has 1 aromatic carbocycles. The van der Waals surface area contributed by atoms with Crippen LogP contribution >= 0.6 is 0 Å². The Labute approximate surface area is 148 Å². The van der Waals surface area contributed by atoms with Gasteiger partial charge in [0.25, 0.3) is 0 Å². The molecule has 25 heavy (non-hydrogen) atoms. The maximum atomic E-state index is 12.6. The first-order valence-electron chi connectivity index (χ1n) is 8.81. The molecule has 0 unspecified atom stereocenters. The minimum Gasteiger partial charge on any atom is -0.394 e. The topological polar surface area (TPSA) is 73.2 Å². The van der Waals surface area contributed by atoms with Crippen LogP contribution in [-0.4, -0.2) is 84.1 Å². The fourth-order valence-corrected chi connectivity index (χ4v) is 3.44. The molecule has 6 nitrogen and oxygen atoms in total. The standard InChI is InChI=1S/C19H26N2O4/c22-13-17-10-20(11-18(14-23)25-17)12-19(24)21-8-6-16(7-9-21)15-4-2-1-3-5-15/h1-6,17-18,22-23H,7-14H2/t17-,18-/m1/s1. The third-order valence-corrected chi connectivity index (χ3v) is 4.78. The maximum Gasteiger partial charge on any atom is 0.237 e. The maximum absolute atomic E-state index is 12.6. The summed E-state index contributed by atoms with van der Waals surface area (Å²) in [6, 6.07) is 10.3. The van der Waals surface area contributed by atoms with E-state index in [1.807, 2.05) is 28.0 Å². The lowest BCUT2D eigenvalue weighted by molar-refractivity contribution is -0.141. The van der Waals surface area contributed by atoms with Crippen molar-refractivity contribution >= 4 is 11.5 Å². The number of aliphatic hydroxyl groups is 2. The number of morpholine rings is 1. The zero-order chi connectivity index (χ0) is 17.6. The first-order valence-corrected chi connectivity index (χ1v) is 8.81. The van der Waals surface area contributed by atoms with E-state index in [9.17, 15) is 15.0 Å². The molecule has 6 heteroatoms. The van der Waals surface area contributed by atoms with Gasteiger partial charge in [-0.05, 0) is 17.6 Å². The summed E-state index contributed by atoms with van der Waals surface area (Å²) in [5.41, 5.74) is 2.51. The van der Waals surface area contributed by atoms with E-state index in [-0.39, 0.29) is 31.3 Å². The van der Waals surface area contributed by atoms with Crippen molar-refractivity contribution in [3.05, 3.63) is 42.0 Å². The van der Waals surface area contributed by atoms with E-state index in [0.29, 0.717) is 26.2 Å². The van der Waals surface area contributed by atoms with Crippen molar-refractivity contribution in [2.45, 2.75) is 18.6 Å². The molecule has 3 rings (SSSR count). The molecule has 0 aromatic heterocycles. The molecule has 0 bridgehead atoms. The van der Waals surface area contributed by atoms with Gasteiger partial charge in [-0.2, -0.15) is 0 Å². The van der Waals surface area contributed by atoms with E-state index in [1.54, 1.807) is 0 Å². The molecule has 1 saturated heterocycles. The number of aliphatic hydroxyl groups excluding tert-OH is 2. The molecular formula is C19H26N2O4. The van der Waals surface area contributed by atoms with Crippen molar-refractivity contribution in [1.29, 1.82) is 0 Å². The van der Waals surface area contributed by atoms with Crippen LogP contribution in [0.15, 0.2) is 36.4 Å². The molecular weight excluding hydrogens is 320 g/mol. The van der Waals surface area contributed by atoms with Crippen LogP contribution < -0.4 is 0 Å². The van der Waals surface area contributed by atoms with Gasteiger partial charge in [-0.3, -0.25) is 9.69 Å². The van der Waals surface area contributed by atoms with Crippen LogP contribution in [0.5, 0.6) is 0 Å². The lowest BCUT2D eigenvalue weighted by atomic mass is 9.99. The summed E-state index contributed by atoms with van der Waals surface area (Å²) < 4.78 is 5.53. The van der Waals surface area contributed by atoms with Crippen LogP contribution in [0.2, 0.25) is 0 Å². The number of hydrogen-bond donors (Lipinski definition) is 2. The van der Waals surface area contributed by atoms with Crippen LogP contribution in [0.3, 0.4) is 0 Å². The summed E-state index contributed by atoms with van der Waals surface area (Å²) in [5.74, 6) is 0.0821. The highest BCUT2D eigenvalue weighted by Gasteiger charge is 2.29. The number of amides is 1. The normalized spacial score (nSPS) is 24.9. The average Bonchev–Trinajstić information content (AvgIpc) is 2.68. The number of nitrogens with zero attached hydrogens (tertiary/aromatic N) is 2. The molecule has 0 saturated carbocycles. The Morgan fingerprint density at radius 1 is 1.12 bits per heavy atom. The van der Waals surface area contributed by atoms with E-state index in [0.717, 1.165) is 13.0 Å². The van der Waals surface area contributed by atoms with Crippen molar-refractivity contribution in [1.82, 2.24) is 9.80 Å². The predicted octanol–water partition coefficient (Wildman–Crippen LogP) is 0.356. The number of rotatable bonds is 5. The van der Waals surface area contributed by atoms with Gasteiger partial charge < -0.3 is 19.8 Å². The summed E-state index contributed by atoms with van der Waals surface area (Å²) in [5, 5.41) is 18.6. The third kappa shape index (κ3) is 4.67. The van der Waals surface area contributed by atoms with Gasteiger partial charge in [0, 0.05) is 26.2 Å². The first-order chi connectivity index (χ1) is 12.2. The first kappa shape index (κ1) is 18.1. The van der Waals surface area contributed by atoms with Crippen LogP contribution in [0, 0.1) is 0 Å². The third-order valence-electron chi connectivity index (χ3n) is 4.78. The Morgan fingerprint density at radius 2 is 1.80 bits per heavy atom. The van der Waals surface area contributed by atoms with E-state index in [1.165, 1.54) is 11.1 Å². The van der Waals surface area contributed by atoms with Crippen LogP contribution in [0.4, 0.5) is 0 Å². The van der Waals surface area contributed by atoms with Gasteiger partial charge in [-0.15, -0.1) is 0 Å². The minimum atomic E-state index is -0.343. The Balaban J connectivity index is 1.55. The van der Waals surface area contributed by atoms with Gasteiger partial charge in [0.1, 0.15) is 0 Å². The molecule has 0 radical (unpaired) electrons. The number of ether oxygens (including phenoxy) is 1. The average molecular weight is 346 g/mol. The Morgan fingerprint density at radius 3 is 2.36 bits per heavy atom. The van der Waals surface area contributed by atoms with Crippen molar-refractivity contribution in [2.24, 2.45) is 0 Å². The fraction of sp³-hybridized carbons (Fsp3) is 0.526. The lowest BCUT2D eigenvalue weighted by Gasteiger charge is -2.37. The van der Waals surface area contributed by atoms with Crippen molar-refractivity contribution < 1.29 is 19.7 Å². The molecule has 136 valence electrons. The van der Waals surface area contributed by atoms with Gasteiger partial charge in [-0.25, -0.2) is 0 Å². The summed E-state index contributed by atoms with van der Waals surface area (Å²) >= 11 is 0. The summed E-state index contributed by atoms with van der Waals surface area (Å²) in [4.78, 5) is 16.4. The van der Waals surface area contributed by atoms with Crippen LogP contribution in [0.1, 0.15) is 12.0 Å². The van der Waals surface area contributed by atoms with Crippen LogP contribution in [-0.2, 0) is 9.53 Å². The minimum absolute atomic E-state index is 0.0821. The molecule has 0 aliphatic carbocycles. The number of benzene rings is 1. The Bertz CT molecular complexity index is 593. The van der Waals surface area contributed by atoms with E-state index in [2.05, 4.69) is 18.2 Å². The van der Waals surface area contributed by atoms with Gasteiger partial charge in [0.15, 0.2) is 0 Å². The van der Waals surface area contributed by atoms with E-state index >= 15 is 0 Å². The molecule has 2 heterocycles. The summed E-state index contributed by atoms with van der Waals surface area (Å²) in [6.07, 6.45) is 2.30. The SMILES string of the molecule is O=C(CN1C[C@H](CO)O[C@@H](CO)C1)N1CC=C(c2ccccc2)CC1. The highest BCUT2D eigenvalue weighted by atomic mass is 16.5. The lowest BCUT2D eigenvalue weighted by Crippen LogP contribution is -2.53. The quantitative estimate of drug-likeness (QED) is 0.805. The Kier molecular flexibility index (Phi) is 6.20. The molecule has 2 aliphatic rings. The highest BCUT2D eigenvalue weighted by Crippen LogP contribution is 2.22. The monoisotopic (exact) mass is 346 g/mol. The van der Waals surface area contributed by atoms with Crippen LogP contribution in [0.25, 0.3) is 5.57 Å². The number of carbonyl (C=O) groups is 1.